The van der Waals surface area contributed by atoms with E-state index in [1.54, 1.807) is 0 Å². The average molecular weight is 173 g/mol. The number of carboxylic acids is 1. The molecule has 0 amide bonds. The van der Waals surface area contributed by atoms with Crippen LogP contribution < -0.4 is 5.73 Å². The molecule has 0 aromatic rings. The molecule has 4 nitrogen and oxygen atoms in total. The van der Waals surface area contributed by atoms with Gasteiger partial charge in [0, 0.05) is 0 Å². The Morgan fingerprint density at radius 2 is 2.00 bits per heavy atom. The van der Waals surface area contributed by atoms with Crippen LogP contribution in [0.5, 0.6) is 0 Å². The van der Waals surface area contributed by atoms with E-state index in [2.05, 4.69) is 0 Å². The van der Waals surface area contributed by atoms with Gasteiger partial charge in [0.25, 0.3) is 0 Å². The largest absolute Gasteiger partial charge is 0.481 e. The normalized spacial score (nSPS) is 15.2. The molecule has 0 rings (SSSR count). The van der Waals surface area contributed by atoms with E-state index in [1.165, 1.54) is 6.92 Å². The van der Waals surface area contributed by atoms with Gasteiger partial charge in [-0.2, -0.15) is 0 Å². The van der Waals surface area contributed by atoms with Gasteiger partial charge < -0.3 is 10.8 Å². The highest BCUT2D eigenvalue weighted by atomic mass is 16.4. The van der Waals surface area contributed by atoms with Gasteiger partial charge in [-0.15, -0.1) is 0 Å². The minimum absolute atomic E-state index is 0.371. The van der Waals surface area contributed by atoms with Gasteiger partial charge in [0.05, 0.1) is 6.04 Å². The Kier molecular flexibility index (Phi) is 4.51. The summed E-state index contributed by atoms with van der Waals surface area (Å²) in [7, 11) is 0. The number of ketones is 1. The third kappa shape index (κ3) is 3.00. The Morgan fingerprint density at radius 3 is 2.25 bits per heavy atom. The second kappa shape index (κ2) is 4.87. The van der Waals surface area contributed by atoms with Gasteiger partial charge in [0.15, 0.2) is 5.78 Å². The van der Waals surface area contributed by atoms with Crippen LogP contribution in [0.2, 0.25) is 0 Å². The predicted molar refractivity (Wildman–Crippen MR) is 44.7 cm³/mol. The monoisotopic (exact) mass is 173 g/mol. The second-order valence-corrected chi connectivity index (χ2v) is 2.87. The van der Waals surface area contributed by atoms with Gasteiger partial charge in [-0.1, -0.05) is 13.3 Å². The maximum absolute atomic E-state index is 11.2. The molecule has 0 spiro atoms. The van der Waals surface area contributed by atoms with Crippen molar-refractivity contribution in [3.63, 3.8) is 0 Å². The van der Waals surface area contributed by atoms with Crippen LogP contribution in [-0.4, -0.2) is 22.9 Å². The first-order valence-corrected chi connectivity index (χ1v) is 4.02. The Balaban J connectivity index is 4.30. The van der Waals surface area contributed by atoms with Crippen molar-refractivity contribution in [3.05, 3.63) is 0 Å². The number of hydrogen-bond donors (Lipinski definition) is 2. The van der Waals surface area contributed by atoms with Crippen molar-refractivity contribution >= 4 is 11.8 Å². The SMILES string of the molecule is CCCC(C(=O)O)C(=O)[C@H](C)N. The number of carbonyl (C=O) groups excluding carboxylic acids is 1. The Labute approximate surface area is 71.8 Å². The van der Waals surface area contributed by atoms with E-state index in [4.69, 9.17) is 10.8 Å². The quantitative estimate of drug-likeness (QED) is 0.590. The lowest BCUT2D eigenvalue weighted by atomic mass is 9.95. The second-order valence-electron chi connectivity index (χ2n) is 2.87. The number of hydrogen-bond acceptors (Lipinski definition) is 3. The van der Waals surface area contributed by atoms with Crippen LogP contribution in [0.4, 0.5) is 0 Å². The van der Waals surface area contributed by atoms with E-state index < -0.39 is 17.9 Å². The zero-order valence-electron chi connectivity index (χ0n) is 7.41. The van der Waals surface area contributed by atoms with Gasteiger partial charge in [0.2, 0.25) is 0 Å². The lowest BCUT2D eigenvalue weighted by Crippen LogP contribution is -2.36. The minimum Gasteiger partial charge on any atom is -0.481 e. The fraction of sp³-hybridized carbons (Fsp3) is 0.750. The molecule has 0 fully saturated rings. The van der Waals surface area contributed by atoms with Crippen LogP contribution in [0.15, 0.2) is 0 Å². The summed E-state index contributed by atoms with van der Waals surface area (Å²) in [6, 6.07) is -0.683. The Hall–Kier alpha value is -0.900. The van der Waals surface area contributed by atoms with Gasteiger partial charge >= 0.3 is 5.97 Å². The summed E-state index contributed by atoms with van der Waals surface area (Å²) in [5, 5.41) is 8.65. The Morgan fingerprint density at radius 1 is 1.50 bits per heavy atom. The fourth-order valence-corrected chi connectivity index (χ4v) is 0.993. The van der Waals surface area contributed by atoms with Gasteiger partial charge in [-0.05, 0) is 13.3 Å². The van der Waals surface area contributed by atoms with E-state index in [-0.39, 0.29) is 5.78 Å². The summed E-state index contributed by atoms with van der Waals surface area (Å²) in [4.78, 5) is 21.7. The third-order valence-corrected chi connectivity index (χ3v) is 1.67. The highest BCUT2D eigenvalue weighted by Crippen LogP contribution is 2.09. The van der Waals surface area contributed by atoms with Crippen LogP contribution >= 0.6 is 0 Å². The molecule has 0 bridgehead atoms. The Bertz CT molecular complexity index is 177. The zero-order valence-corrected chi connectivity index (χ0v) is 7.41. The van der Waals surface area contributed by atoms with Gasteiger partial charge in [-0.3, -0.25) is 9.59 Å². The molecular formula is C8H15NO3. The number of carbonyl (C=O) groups is 2. The van der Waals surface area contributed by atoms with Crippen molar-refractivity contribution in [2.75, 3.05) is 0 Å². The minimum atomic E-state index is -1.07. The number of Topliss-reactive ketones (excluding diaryl/α,β-unsaturated/α-hetero) is 1. The highest BCUT2D eigenvalue weighted by Gasteiger charge is 2.27. The predicted octanol–water partition coefficient (Wildman–Crippen LogP) is 0.404. The molecule has 70 valence electrons. The fourth-order valence-electron chi connectivity index (χ4n) is 0.993. The molecule has 2 atom stereocenters. The summed E-state index contributed by atoms with van der Waals surface area (Å²) in [6.07, 6.45) is 1.05. The molecule has 4 heteroatoms. The van der Waals surface area contributed by atoms with E-state index >= 15 is 0 Å². The molecule has 0 aliphatic heterocycles. The summed E-state index contributed by atoms with van der Waals surface area (Å²) >= 11 is 0. The van der Waals surface area contributed by atoms with Crippen LogP contribution in [0, 0.1) is 5.92 Å². The van der Waals surface area contributed by atoms with E-state index in [9.17, 15) is 9.59 Å². The zero-order chi connectivity index (χ0) is 9.72. The van der Waals surface area contributed by atoms with Crippen molar-refractivity contribution in [1.82, 2.24) is 0 Å². The first-order valence-electron chi connectivity index (χ1n) is 4.02. The van der Waals surface area contributed by atoms with Gasteiger partial charge in [0.1, 0.15) is 5.92 Å². The van der Waals surface area contributed by atoms with Gasteiger partial charge in [-0.25, -0.2) is 0 Å². The summed E-state index contributed by atoms with van der Waals surface area (Å²) in [5.41, 5.74) is 5.29. The number of aliphatic carboxylic acids is 1. The van der Waals surface area contributed by atoms with Crippen molar-refractivity contribution in [3.8, 4) is 0 Å². The summed E-state index contributed by atoms with van der Waals surface area (Å²) < 4.78 is 0. The summed E-state index contributed by atoms with van der Waals surface area (Å²) in [5.74, 6) is -2.38. The molecular weight excluding hydrogens is 158 g/mol. The average Bonchev–Trinajstić information content (AvgIpc) is 1.98. The first-order chi connectivity index (χ1) is 5.50. The molecule has 0 aromatic heterocycles. The van der Waals surface area contributed by atoms with Crippen molar-refractivity contribution < 1.29 is 14.7 Å². The van der Waals surface area contributed by atoms with Crippen molar-refractivity contribution in [2.45, 2.75) is 32.7 Å². The highest BCUT2D eigenvalue weighted by molar-refractivity contribution is 6.00. The topological polar surface area (TPSA) is 80.4 Å². The van der Waals surface area contributed by atoms with E-state index in [1.807, 2.05) is 6.92 Å². The number of rotatable bonds is 5. The molecule has 0 radical (unpaired) electrons. The van der Waals surface area contributed by atoms with E-state index in [0.717, 1.165) is 0 Å². The van der Waals surface area contributed by atoms with Crippen LogP contribution in [0.1, 0.15) is 26.7 Å². The van der Waals surface area contributed by atoms with Crippen LogP contribution in [-0.2, 0) is 9.59 Å². The standard InChI is InChI=1S/C8H15NO3/c1-3-4-6(8(11)12)7(10)5(2)9/h5-6H,3-4,9H2,1-2H3,(H,11,12)/t5-,6?/m0/s1. The molecule has 3 N–H and O–H groups in total. The maximum Gasteiger partial charge on any atom is 0.314 e. The molecule has 0 aliphatic rings. The first kappa shape index (κ1) is 11.1. The molecule has 0 aromatic carbocycles. The van der Waals surface area contributed by atoms with Crippen molar-refractivity contribution in [2.24, 2.45) is 11.7 Å². The third-order valence-electron chi connectivity index (χ3n) is 1.67. The van der Waals surface area contributed by atoms with Crippen molar-refractivity contribution in [1.29, 1.82) is 0 Å². The molecule has 0 heterocycles. The van der Waals surface area contributed by atoms with E-state index in [0.29, 0.717) is 12.8 Å². The van der Waals surface area contributed by atoms with Crippen LogP contribution in [0.25, 0.3) is 0 Å². The lowest BCUT2D eigenvalue weighted by molar-refractivity contribution is -0.146. The molecule has 12 heavy (non-hydrogen) atoms. The lowest BCUT2D eigenvalue weighted by Gasteiger charge is -2.11. The number of nitrogens with two attached hydrogens (primary N) is 1. The molecule has 1 unspecified atom stereocenters. The van der Waals surface area contributed by atoms with Crippen LogP contribution in [0.3, 0.4) is 0 Å². The maximum atomic E-state index is 11.2. The number of carboxylic acid groups (broad SMARTS) is 1. The molecule has 0 saturated heterocycles. The summed E-state index contributed by atoms with van der Waals surface area (Å²) in [6.45, 7) is 3.35. The molecule has 0 saturated carbocycles. The smallest absolute Gasteiger partial charge is 0.314 e. The molecule has 0 aliphatic carbocycles.